The average Bonchev–Trinajstić information content (AvgIpc) is 2.85. The summed E-state index contributed by atoms with van der Waals surface area (Å²) in [7, 11) is 1.56. The lowest BCUT2D eigenvalue weighted by atomic mass is 10.0. The number of Topliss-reactive ketones (excluding diaryl/α,β-unsaturated/α-hetero) is 1. The van der Waals surface area contributed by atoms with Gasteiger partial charge in [0.1, 0.15) is 0 Å². The van der Waals surface area contributed by atoms with Crippen molar-refractivity contribution in [1.29, 1.82) is 0 Å². The normalized spacial score (nSPS) is 16.9. The first-order valence-corrected chi connectivity index (χ1v) is 5.48. The van der Waals surface area contributed by atoms with Crippen LogP contribution in [0.15, 0.2) is 35.3 Å². The van der Waals surface area contributed by atoms with E-state index in [1.165, 1.54) is 0 Å². The van der Waals surface area contributed by atoms with Gasteiger partial charge in [0.2, 0.25) is 0 Å². The van der Waals surface area contributed by atoms with E-state index in [2.05, 4.69) is 4.99 Å². The number of benzene rings is 1. The first kappa shape index (κ1) is 11.0. The zero-order valence-corrected chi connectivity index (χ0v) is 9.35. The van der Waals surface area contributed by atoms with Crippen molar-refractivity contribution >= 4 is 11.5 Å². The standard InChI is InChI=1S/C13H15NO2/c1-16-13(11-8-5-9-14-11)12(15)10-6-3-2-4-7-10/h2-4,6-7,13H,5,8-9H2,1H3. The molecule has 0 radical (unpaired) electrons. The molecule has 2 rings (SSSR count). The number of methoxy groups -OCH3 is 1. The molecule has 0 saturated carbocycles. The van der Waals surface area contributed by atoms with Gasteiger partial charge in [0.25, 0.3) is 0 Å². The van der Waals surface area contributed by atoms with Crippen molar-refractivity contribution in [2.75, 3.05) is 13.7 Å². The predicted octanol–water partition coefficient (Wildman–Crippen LogP) is 2.12. The molecule has 3 nitrogen and oxygen atoms in total. The first-order chi connectivity index (χ1) is 7.83. The summed E-state index contributed by atoms with van der Waals surface area (Å²) in [5, 5.41) is 0. The van der Waals surface area contributed by atoms with Crippen LogP contribution in [0.5, 0.6) is 0 Å². The minimum absolute atomic E-state index is 0.00347. The molecular formula is C13H15NO2. The van der Waals surface area contributed by atoms with E-state index in [0.29, 0.717) is 5.56 Å². The van der Waals surface area contributed by atoms with Gasteiger partial charge in [-0.15, -0.1) is 0 Å². The van der Waals surface area contributed by atoms with Crippen LogP contribution in [0.25, 0.3) is 0 Å². The smallest absolute Gasteiger partial charge is 0.197 e. The summed E-state index contributed by atoms with van der Waals surface area (Å²) in [5.74, 6) is 0.00347. The summed E-state index contributed by atoms with van der Waals surface area (Å²) in [6.07, 6.45) is 1.40. The van der Waals surface area contributed by atoms with E-state index in [4.69, 9.17) is 4.74 Å². The number of ketones is 1. The van der Waals surface area contributed by atoms with Crippen molar-refractivity contribution in [2.45, 2.75) is 18.9 Å². The maximum Gasteiger partial charge on any atom is 0.197 e. The summed E-state index contributed by atoms with van der Waals surface area (Å²) >= 11 is 0. The zero-order valence-electron chi connectivity index (χ0n) is 9.35. The number of aliphatic imine (C=N–C) groups is 1. The molecule has 1 aromatic carbocycles. The molecule has 0 aliphatic carbocycles. The van der Waals surface area contributed by atoms with E-state index in [1.54, 1.807) is 7.11 Å². The maximum atomic E-state index is 12.2. The Morgan fingerprint density at radius 1 is 1.38 bits per heavy atom. The van der Waals surface area contributed by atoms with Gasteiger partial charge in [-0.05, 0) is 12.8 Å². The Balaban J connectivity index is 2.19. The van der Waals surface area contributed by atoms with Gasteiger partial charge in [-0.1, -0.05) is 30.3 Å². The quantitative estimate of drug-likeness (QED) is 0.724. The highest BCUT2D eigenvalue weighted by Crippen LogP contribution is 2.14. The van der Waals surface area contributed by atoms with Crippen LogP contribution in [0, 0.1) is 0 Å². The second-order valence-electron chi connectivity index (χ2n) is 3.82. The number of rotatable bonds is 4. The topological polar surface area (TPSA) is 38.7 Å². The van der Waals surface area contributed by atoms with Gasteiger partial charge in [-0.3, -0.25) is 9.79 Å². The molecule has 84 valence electrons. The van der Waals surface area contributed by atoms with E-state index < -0.39 is 6.10 Å². The van der Waals surface area contributed by atoms with Crippen molar-refractivity contribution in [3.63, 3.8) is 0 Å². The number of hydrogen-bond acceptors (Lipinski definition) is 3. The highest BCUT2D eigenvalue weighted by atomic mass is 16.5. The Morgan fingerprint density at radius 2 is 2.12 bits per heavy atom. The van der Waals surface area contributed by atoms with Crippen LogP contribution in [-0.4, -0.2) is 31.3 Å². The fraction of sp³-hybridized carbons (Fsp3) is 0.385. The van der Waals surface area contributed by atoms with Crippen LogP contribution in [0.1, 0.15) is 23.2 Å². The Labute approximate surface area is 95.2 Å². The molecule has 1 aliphatic heterocycles. The molecule has 0 saturated heterocycles. The average molecular weight is 217 g/mol. The molecule has 0 fully saturated rings. The number of ether oxygens (including phenoxy) is 1. The van der Waals surface area contributed by atoms with Crippen molar-refractivity contribution < 1.29 is 9.53 Å². The SMILES string of the molecule is COC(C(=O)c1ccccc1)C1=NCCC1. The second kappa shape index (κ2) is 5.03. The predicted molar refractivity (Wildman–Crippen MR) is 63.1 cm³/mol. The van der Waals surface area contributed by atoms with Gasteiger partial charge < -0.3 is 4.74 Å². The summed E-state index contributed by atoms with van der Waals surface area (Å²) < 4.78 is 5.27. The van der Waals surface area contributed by atoms with E-state index in [9.17, 15) is 4.79 Å². The summed E-state index contributed by atoms with van der Waals surface area (Å²) in [4.78, 5) is 16.5. The minimum Gasteiger partial charge on any atom is -0.367 e. The molecule has 0 spiro atoms. The second-order valence-corrected chi connectivity index (χ2v) is 3.82. The van der Waals surface area contributed by atoms with Gasteiger partial charge in [-0.25, -0.2) is 0 Å². The molecule has 1 aliphatic rings. The third kappa shape index (κ3) is 2.19. The number of carbonyl (C=O) groups excluding carboxylic acids is 1. The molecule has 16 heavy (non-hydrogen) atoms. The van der Waals surface area contributed by atoms with E-state index in [0.717, 1.165) is 25.1 Å². The lowest BCUT2D eigenvalue weighted by Crippen LogP contribution is -2.31. The lowest BCUT2D eigenvalue weighted by Gasteiger charge is -2.14. The van der Waals surface area contributed by atoms with E-state index in [-0.39, 0.29) is 5.78 Å². The molecule has 0 amide bonds. The molecule has 1 heterocycles. The monoisotopic (exact) mass is 217 g/mol. The van der Waals surface area contributed by atoms with Gasteiger partial charge >= 0.3 is 0 Å². The van der Waals surface area contributed by atoms with Crippen molar-refractivity contribution in [3.8, 4) is 0 Å². The van der Waals surface area contributed by atoms with Gasteiger partial charge in [0.05, 0.1) is 0 Å². The molecule has 1 atom stereocenters. The molecule has 3 heteroatoms. The van der Waals surface area contributed by atoms with Crippen LogP contribution < -0.4 is 0 Å². The largest absolute Gasteiger partial charge is 0.367 e. The zero-order chi connectivity index (χ0) is 11.4. The van der Waals surface area contributed by atoms with Gasteiger partial charge in [0.15, 0.2) is 11.9 Å². The Hall–Kier alpha value is -1.48. The lowest BCUT2D eigenvalue weighted by molar-refractivity contribution is 0.0754. The molecule has 1 unspecified atom stereocenters. The molecule has 0 bridgehead atoms. The van der Waals surface area contributed by atoms with Crippen LogP contribution in [0.2, 0.25) is 0 Å². The number of carbonyl (C=O) groups is 1. The van der Waals surface area contributed by atoms with Crippen molar-refractivity contribution in [1.82, 2.24) is 0 Å². The number of hydrogen-bond donors (Lipinski definition) is 0. The fourth-order valence-electron chi connectivity index (χ4n) is 1.92. The van der Waals surface area contributed by atoms with Crippen molar-refractivity contribution in [2.24, 2.45) is 4.99 Å². The van der Waals surface area contributed by atoms with E-state index in [1.807, 2.05) is 30.3 Å². The first-order valence-electron chi connectivity index (χ1n) is 5.48. The van der Waals surface area contributed by atoms with Crippen LogP contribution >= 0.6 is 0 Å². The summed E-state index contributed by atoms with van der Waals surface area (Å²) in [6.45, 7) is 0.817. The van der Waals surface area contributed by atoms with Crippen molar-refractivity contribution in [3.05, 3.63) is 35.9 Å². The highest BCUT2D eigenvalue weighted by molar-refractivity contribution is 6.15. The van der Waals surface area contributed by atoms with E-state index >= 15 is 0 Å². The molecule has 0 aromatic heterocycles. The molecule has 1 aromatic rings. The Bertz CT molecular complexity index is 398. The van der Waals surface area contributed by atoms with Crippen LogP contribution in [0.3, 0.4) is 0 Å². The molecular weight excluding hydrogens is 202 g/mol. The highest BCUT2D eigenvalue weighted by Gasteiger charge is 2.26. The third-order valence-electron chi connectivity index (χ3n) is 2.74. The van der Waals surface area contributed by atoms with Gasteiger partial charge in [0, 0.05) is 24.9 Å². The summed E-state index contributed by atoms with van der Waals surface area (Å²) in [6, 6.07) is 9.23. The van der Waals surface area contributed by atoms with Crippen LogP contribution in [-0.2, 0) is 4.74 Å². The minimum atomic E-state index is -0.495. The Kier molecular flexibility index (Phi) is 3.47. The summed E-state index contributed by atoms with van der Waals surface area (Å²) in [5.41, 5.74) is 1.57. The van der Waals surface area contributed by atoms with Crippen LogP contribution in [0.4, 0.5) is 0 Å². The fourth-order valence-corrected chi connectivity index (χ4v) is 1.92. The van der Waals surface area contributed by atoms with Gasteiger partial charge in [-0.2, -0.15) is 0 Å². The maximum absolute atomic E-state index is 12.2. The number of nitrogens with zero attached hydrogens (tertiary/aromatic N) is 1. The molecule has 0 N–H and O–H groups in total. The Morgan fingerprint density at radius 3 is 2.69 bits per heavy atom. The third-order valence-corrected chi connectivity index (χ3v) is 2.74.